The van der Waals surface area contributed by atoms with Gasteiger partial charge in [-0.25, -0.2) is 4.18 Å². The van der Waals surface area contributed by atoms with Crippen LogP contribution in [0.15, 0.2) is 85.1 Å². The van der Waals surface area contributed by atoms with E-state index in [4.69, 9.17) is 18.9 Å². The number of esters is 1. The van der Waals surface area contributed by atoms with Crippen molar-refractivity contribution in [2.45, 2.75) is 295 Å². The molecule has 78 heavy (non-hydrogen) atoms. The van der Waals surface area contributed by atoms with Crippen LogP contribution in [0, 0.1) is 0 Å². The Morgan fingerprint density at radius 3 is 1.29 bits per heavy atom. The van der Waals surface area contributed by atoms with Crippen LogP contribution in [0.3, 0.4) is 0 Å². The summed E-state index contributed by atoms with van der Waals surface area (Å²) < 4.78 is 59.6. The monoisotopic (exact) mass is 1120 g/mol. The molecule has 0 radical (unpaired) electrons. The molecule has 1 aliphatic heterocycles. The smallest absolute Gasteiger partial charge is 0.397 e. The first-order valence-corrected chi connectivity index (χ1v) is 32.7. The third kappa shape index (κ3) is 47.0. The van der Waals surface area contributed by atoms with E-state index in [0.717, 1.165) is 83.5 Å². The molecule has 4 N–H and O–H groups in total. The minimum Gasteiger partial charge on any atom is -0.457 e. The summed E-state index contributed by atoms with van der Waals surface area (Å²) >= 11 is 0. The van der Waals surface area contributed by atoms with Gasteiger partial charge < -0.3 is 34.3 Å². The lowest BCUT2D eigenvalue weighted by Crippen LogP contribution is -2.60. The third-order valence-electron chi connectivity index (χ3n) is 14.0. The lowest BCUT2D eigenvalue weighted by atomic mass is 9.99. The summed E-state index contributed by atoms with van der Waals surface area (Å²) in [5.41, 5.74) is 0. The Morgan fingerprint density at radius 2 is 0.885 bits per heavy atom. The van der Waals surface area contributed by atoms with Crippen molar-refractivity contribution in [1.82, 2.24) is 0 Å². The molecule has 0 aromatic carbocycles. The molecule has 0 saturated carbocycles. The fraction of sp³-hybridized carbons (Fsp3) is 0.769. The van der Waals surface area contributed by atoms with Crippen LogP contribution < -0.4 is 0 Å². The molecule has 0 spiro atoms. The van der Waals surface area contributed by atoms with Crippen molar-refractivity contribution in [2.24, 2.45) is 0 Å². The van der Waals surface area contributed by atoms with E-state index in [2.05, 4.69) is 103 Å². The van der Waals surface area contributed by atoms with Crippen molar-refractivity contribution < 1.29 is 56.2 Å². The highest BCUT2D eigenvalue weighted by Gasteiger charge is 2.48. The molecule has 452 valence electrons. The number of hydrogen-bond donors (Lipinski definition) is 4. The van der Waals surface area contributed by atoms with E-state index in [-0.39, 0.29) is 19.6 Å². The van der Waals surface area contributed by atoms with Crippen LogP contribution in [0.2, 0.25) is 0 Å². The van der Waals surface area contributed by atoms with Crippen molar-refractivity contribution in [3.63, 3.8) is 0 Å². The standard InChI is InChI=1S/C65H114O12S/c1-3-5-7-9-11-13-15-17-19-21-23-25-27-29-31-33-35-37-39-41-43-45-47-49-51-53-55-73-57-59(58-74-65-63(69)64(77-78(70,71)72)62(68)60(56-66)76-65)75-61(67)54-52-50-48-46-44-42-40-38-36-34-32-30-28-26-24-22-20-18-16-14-12-10-8-6-4-2/h5,7,11,13,16-19,22-25,29,31,59-60,62-66,68-69H,3-4,6,8-10,12,14-15,20-21,26-28,30,32-58H2,1-2H3,(H,70,71,72)/b7-5-,13-11-,18-16-,19-17-,24-22-,25-23-,31-29-. The maximum Gasteiger partial charge on any atom is 0.397 e. The Kier molecular flexibility index (Phi) is 51.5. The van der Waals surface area contributed by atoms with Crippen LogP contribution in [-0.4, -0.2) is 97.5 Å². The number of aliphatic hydroxyl groups excluding tert-OH is 3. The summed E-state index contributed by atoms with van der Waals surface area (Å²) in [6.45, 7) is 3.89. The van der Waals surface area contributed by atoms with Gasteiger partial charge in [0.05, 0.1) is 19.8 Å². The van der Waals surface area contributed by atoms with Crippen LogP contribution in [0.1, 0.15) is 258 Å². The van der Waals surface area contributed by atoms with Gasteiger partial charge in [0, 0.05) is 13.0 Å². The predicted molar refractivity (Wildman–Crippen MR) is 322 cm³/mol. The van der Waals surface area contributed by atoms with E-state index in [0.29, 0.717) is 13.0 Å². The Balaban J connectivity index is 2.27. The highest BCUT2D eigenvalue weighted by molar-refractivity contribution is 7.80. The summed E-state index contributed by atoms with van der Waals surface area (Å²) in [7, 11) is -5.07. The number of ether oxygens (including phenoxy) is 4. The molecular weight excluding hydrogens is 1000 g/mol. The van der Waals surface area contributed by atoms with Crippen molar-refractivity contribution in [3.8, 4) is 0 Å². The number of unbranched alkanes of at least 4 members (excludes halogenated alkanes) is 28. The third-order valence-corrected chi connectivity index (χ3v) is 14.5. The van der Waals surface area contributed by atoms with Crippen LogP contribution in [-0.2, 0) is 38.3 Å². The van der Waals surface area contributed by atoms with Crippen LogP contribution >= 0.6 is 0 Å². The molecule has 1 heterocycles. The number of aliphatic hydroxyl groups is 3. The maximum atomic E-state index is 13.0. The van der Waals surface area contributed by atoms with Crippen molar-refractivity contribution in [2.75, 3.05) is 26.4 Å². The van der Waals surface area contributed by atoms with E-state index in [9.17, 15) is 33.1 Å². The first kappa shape index (κ1) is 73.3. The van der Waals surface area contributed by atoms with E-state index < -0.39 is 59.8 Å². The summed E-state index contributed by atoms with van der Waals surface area (Å²) in [5.74, 6) is -0.401. The predicted octanol–water partition coefficient (Wildman–Crippen LogP) is 16.3. The maximum absolute atomic E-state index is 13.0. The van der Waals surface area contributed by atoms with Gasteiger partial charge >= 0.3 is 16.4 Å². The quantitative estimate of drug-likeness (QED) is 0.0196. The van der Waals surface area contributed by atoms with Gasteiger partial charge in [-0.3, -0.25) is 9.35 Å². The zero-order chi connectivity index (χ0) is 56.7. The zero-order valence-electron chi connectivity index (χ0n) is 49.2. The molecular formula is C65H114O12S. The summed E-state index contributed by atoms with van der Waals surface area (Å²) in [4.78, 5) is 13.0. The fourth-order valence-electron chi connectivity index (χ4n) is 9.32. The van der Waals surface area contributed by atoms with Crippen LogP contribution in [0.4, 0.5) is 0 Å². The van der Waals surface area contributed by atoms with Gasteiger partial charge in [-0.15, -0.1) is 0 Å². The van der Waals surface area contributed by atoms with Crippen molar-refractivity contribution in [3.05, 3.63) is 85.1 Å². The van der Waals surface area contributed by atoms with Gasteiger partial charge in [-0.05, 0) is 89.9 Å². The van der Waals surface area contributed by atoms with Crippen molar-refractivity contribution >= 4 is 16.4 Å². The molecule has 0 amide bonds. The van der Waals surface area contributed by atoms with Gasteiger partial charge in [0.15, 0.2) is 6.29 Å². The second-order valence-corrected chi connectivity index (χ2v) is 22.3. The molecule has 12 nitrogen and oxygen atoms in total. The van der Waals surface area contributed by atoms with E-state index in [1.165, 1.54) is 148 Å². The zero-order valence-corrected chi connectivity index (χ0v) is 50.0. The van der Waals surface area contributed by atoms with Gasteiger partial charge in [-0.1, -0.05) is 247 Å². The van der Waals surface area contributed by atoms with Crippen molar-refractivity contribution in [1.29, 1.82) is 0 Å². The largest absolute Gasteiger partial charge is 0.457 e. The number of rotatable bonds is 55. The number of allylic oxidation sites excluding steroid dienone is 14. The number of hydrogen-bond acceptors (Lipinski definition) is 11. The second kappa shape index (κ2) is 54.8. The van der Waals surface area contributed by atoms with Gasteiger partial charge in [0.2, 0.25) is 0 Å². The van der Waals surface area contributed by atoms with Crippen LogP contribution in [0.25, 0.3) is 0 Å². The molecule has 0 aliphatic carbocycles. The Hall–Kier alpha value is -2.72. The molecule has 1 saturated heterocycles. The van der Waals surface area contributed by atoms with Gasteiger partial charge in [0.25, 0.3) is 0 Å². The number of carbonyl (C=O) groups is 1. The number of carbonyl (C=O) groups excluding carboxylic acids is 1. The highest BCUT2D eigenvalue weighted by Crippen LogP contribution is 2.26. The molecule has 1 rings (SSSR count). The first-order chi connectivity index (χ1) is 38.1. The first-order valence-electron chi connectivity index (χ1n) is 31.3. The second-order valence-electron chi connectivity index (χ2n) is 21.3. The molecule has 6 atom stereocenters. The van der Waals surface area contributed by atoms with E-state index in [1.807, 2.05) is 0 Å². The van der Waals surface area contributed by atoms with E-state index in [1.54, 1.807) is 0 Å². The van der Waals surface area contributed by atoms with Crippen LogP contribution in [0.5, 0.6) is 0 Å². The lowest BCUT2D eigenvalue weighted by Gasteiger charge is -2.41. The fourth-order valence-corrected chi connectivity index (χ4v) is 9.83. The minimum atomic E-state index is -5.07. The van der Waals surface area contributed by atoms with Gasteiger partial charge in [-0.2, -0.15) is 8.42 Å². The van der Waals surface area contributed by atoms with Gasteiger partial charge in [0.1, 0.15) is 30.5 Å². The topological polar surface area (TPSA) is 178 Å². The molecule has 0 aromatic rings. The minimum absolute atomic E-state index is 0.0296. The summed E-state index contributed by atoms with van der Waals surface area (Å²) in [6, 6.07) is 0. The SMILES string of the molecule is CC/C=C\C/C=C\C/C=C\C/C=C\C/C=C\CCCCCCCCCCCCOCC(COC1OC(CO)C(O)C(OS(=O)(=O)O)C1O)OC(=O)CCCCCCCCCCCCCCC/C=C\C/C=C\CCCCCCC. The molecule has 1 aliphatic rings. The Labute approximate surface area is 476 Å². The Bertz CT molecular complexity index is 1670. The molecule has 0 aromatic heterocycles. The lowest BCUT2D eigenvalue weighted by molar-refractivity contribution is -0.301. The average molecular weight is 1120 g/mol. The highest BCUT2D eigenvalue weighted by atomic mass is 32.3. The molecule has 0 bridgehead atoms. The average Bonchev–Trinajstić information content (AvgIpc) is 3.42. The molecule has 6 unspecified atom stereocenters. The summed E-state index contributed by atoms with van der Waals surface area (Å²) in [6.07, 6.45) is 66.2. The van der Waals surface area contributed by atoms with E-state index >= 15 is 0 Å². The molecule has 13 heteroatoms. The normalized spacial score (nSPS) is 19.0. The molecule has 1 fully saturated rings. The Morgan fingerprint density at radius 1 is 0.500 bits per heavy atom. The summed E-state index contributed by atoms with van der Waals surface area (Å²) in [5, 5.41) is 30.9.